The summed E-state index contributed by atoms with van der Waals surface area (Å²) in [5.41, 5.74) is 1.79. The fourth-order valence-corrected chi connectivity index (χ4v) is 2.04. The van der Waals surface area contributed by atoms with Crippen molar-refractivity contribution in [3.63, 3.8) is 0 Å². The molecule has 0 unspecified atom stereocenters. The highest BCUT2D eigenvalue weighted by Crippen LogP contribution is 2.08. The van der Waals surface area contributed by atoms with Gasteiger partial charge in [0, 0.05) is 6.54 Å². The van der Waals surface area contributed by atoms with Gasteiger partial charge < -0.3 is 9.64 Å². The van der Waals surface area contributed by atoms with Crippen molar-refractivity contribution in [2.45, 2.75) is 13.2 Å². The van der Waals surface area contributed by atoms with Crippen LogP contribution in [-0.4, -0.2) is 22.8 Å². The highest BCUT2D eigenvalue weighted by atomic mass is 35.5. The number of nitrogens with zero attached hydrogens (tertiary/aromatic N) is 1. The Morgan fingerprint density at radius 3 is 2.00 bits per heavy atom. The molecule has 114 valence electrons. The minimum absolute atomic E-state index is 0.176. The van der Waals surface area contributed by atoms with E-state index in [0.717, 1.165) is 11.1 Å². The van der Waals surface area contributed by atoms with Gasteiger partial charge in [0.1, 0.15) is 13.2 Å². The summed E-state index contributed by atoms with van der Waals surface area (Å²) < 4.78 is 5.15. The number of halogens is 1. The van der Waals surface area contributed by atoms with E-state index in [1.165, 1.54) is 4.90 Å². The molecule has 0 atom stereocenters. The lowest BCUT2D eigenvalue weighted by Gasteiger charge is -2.18. The number of esters is 1. The Kier molecular flexibility index (Phi) is 5.98. The maximum atomic E-state index is 11.8. The van der Waals surface area contributed by atoms with Crippen LogP contribution in [0.1, 0.15) is 11.1 Å². The molecule has 2 rings (SSSR count). The molecule has 0 heterocycles. The largest absolute Gasteiger partial charge is 0.459 e. The van der Waals surface area contributed by atoms with Gasteiger partial charge in [-0.2, -0.15) is 0 Å². The van der Waals surface area contributed by atoms with Crippen molar-refractivity contribution in [2.24, 2.45) is 0 Å². The summed E-state index contributed by atoms with van der Waals surface area (Å²) in [6, 6.07) is 18.7. The van der Waals surface area contributed by atoms with E-state index in [2.05, 4.69) is 0 Å². The Hall–Kier alpha value is -2.33. The van der Waals surface area contributed by atoms with Gasteiger partial charge in [0.2, 0.25) is 0 Å². The molecule has 0 N–H and O–H groups in total. The molecule has 0 saturated heterocycles. The fraction of sp³-hybridized carbons (Fsp3) is 0.176. The van der Waals surface area contributed by atoms with Crippen LogP contribution in [0.3, 0.4) is 0 Å². The van der Waals surface area contributed by atoms with Crippen LogP contribution in [0.2, 0.25) is 0 Å². The molecule has 0 aliphatic rings. The Morgan fingerprint density at radius 2 is 1.45 bits per heavy atom. The quantitative estimate of drug-likeness (QED) is 0.464. The molecule has 5 heteroatoms. The van der Waals surface area contributed by atoms with Gasteiger partial charge >= 0.3 is 11.3 Å². The van der Waals surface area contributed by atoms with E-state index in [1.54, 1.807) is 0 Å². The van der Waals surface area contributed by atoms with Gasteiger partial charge in [-0.3, -0.25) is 9.59 Å². The molecular formula is C17H16ClNO3. The lowest BCUT2D eigenvalue weighted by Crippen LogP contribution is -2.32. The third-order valence-corrected chi connectivity index (χ3v) is 3.27. The first-order valence-corrected chi connectivity index (χ1v) is 7.21. The van der Waals surface area contributed by atoms with Crippen molar-refractivity contribution in [2.75, 3.05) is 6.54 Å². The number of hydrogen-bond acceptors (Lipinski definition) is 3. The molecule has 2 aromatic carbocycles. The summed E-state index contributed by atoms with van der Waals surface area (Å²) in [6.07, 6.45) is 0. The smallest absolute Gasteiger partial charge is 0.326 e. The molecule has 4 nitrogen and oxygen atoms in total. The second-order valence-electron chi connectivity index (χ2n) is 4.74. The topological polar surface area (TPSA) is 46.6 Å². The summed E-state index contributed by atoms with van der Waals surface area (Å²) in [6.45, 7) is 0.267. The van der Waals surface area contributed by atoms with Crippen molar-refractivity contribution in [1.82, 2.24) is 4.90 Å². The number of rotatable bonds is 6. The first-order chi connectivity index (χ1) is 10.6. The van der Waals surface area contributed by atoms with Gasteiger partial charge in [-0.05, 0) is 22.7 Å². The van der Waals surface area contributed by atoms with Gasteiger partial charge in [-0.1, -0.05) is 60.7 Å². The molecule has 0 radical (unpaired) electrons. The molecule has 2 aromatic rings. The predicted molar refractivity (Wildman–Crippen MR) is 84.3 cm³/mol. The average Bonchev–Trinajstić information content (AvgIpc) is 2.54. The van der Waals surface area contributed by atoms with E-state index in [0.29, 0.717) is 0 Å². The Labute approximate surface area is 134 Å². The van der Waals surface area contributed by atoms with E-state index < -0.39 is 11.3 Å². The second-order valence-corrected chi connectivity index (χ2v) is 5.06. The number of amides is 1. The second kappa shape index (κ2) is 8.20. The zero-order chi connectivity index (χ0) is 15.8. The number of carbonyl (C=O) groups is 2. The van der Waals surface area contributed by atoms with Crippen LogP contribution in [0.15, 0.2) is 60.7 Å². The van der Waals surface area contributed by atoms with Gasteiger partial charge in [-0.25, -0.2) is 0 Å². The van der Waals surface area contributed by atoms with Gasteiger partial charge in [0.25, 0.3) is 0 Å². The van der Waals surface area contributed by atoms with E-state index in [-0.39, 0.29) is 19.7 Å². The molecule has 0 spiro atoms. The molecule has 0 fully saturated rings. The van der Waals surface area contributed by atoms with Crippen LogP contribution < -0.4 is 0 Å². The predicted octanol–water partition coefficient (Wildman–Crippen LogP) is 3.59. The van der Waals surface area contributed by atoms with E-state index in [1.807, 2.05) is 60.7 Å². The maximum absolute atomic E-state index is 11.8. The number of ether oxygens (including phenoxy) is 1. The van der Waals surface area contributed by atoms with Crippen molar-refractivity contribution in [3.8, 4) is 0 Å². The molecule has 0 aromatic heterocycles. The summed E-state index contributed by atoms with van der Waals surface area (Å²) in [5, 5.41) is -0.680. The van der Waals surface area contributed by atoms with Gasteiger partial charge in [0.05, 0.1) is 0 Å². The fourth-order valence-electron chi connectivity index (χ4n) is 1.92. The van der Waals surface area contributed by atoms with Crippen LogP contribution >= 0.6 is 11.6 Å². The normalized spacial score (nSPS) is 10.0. The molecule has 22 heavy (non-hydrogen) atoms. The zero-order valence-corrected chi connectivity index (χ0v) is 12.7. The third kappa shape index (κ3) is 5.22. The highest BCUT2D eigenvalue weighted by molar-refractivity contribution is 6.62. The zero-order valence-electron chi connectivity index (χ0n) is 11.9. The minimum atomic E-state index is -0.680. The highest BCUT2D eigenvalue weighted by Gasteiger charge is 2.16. The molecule has 0 saturated carbocycles. The SMILES string of the molecule is O=C(CN(Cc1ccccc1)C(=O)Cl)OCc1ccccc1. The average molecular weight is 318 g/mol. The van der Waals surface area contributed by atoms with Crippen molar-refractivity contribution in [1.29, 1.82) is 0 Å². The minimum Gasteiger partial charge on any atom is -0.459 e. The summed E-state index contributed by atoms with van der Waals surface area (Å²) >= 11 is 5.53. The standard InChI is InChI=1S/C17H16ClNO3/c18-17(21)19(11-14-7-3-1-4-8-14)12-16(20)22-13-15-9-5-2-6-10-15/h1-10H,11-13H2. The van der Waals surface area contributed by atoms with Crippen LogP contribution in [0.25, 0.3) is 0 Å². The molecule has 0 aliphatic carbocycles. The van der Waals surface area contributed by atoms with Gasteiger partial charge in [-0.15, -0.1) is 0 Å². The van der Waals surface area contributed by atoms with Crippen LogP contribution in [0, 0.1) is 0 Å². The van der Waals surface area contributed by atoms with E-state index in [4.69, 9.17) is 16.3 Å². The summed E-state index contributed by atoms with van der Waals surface area (Å²) in [5.74, 6) is -0.492. The molecular weight excluding hydrogens is 302 g/mol. The first kappa shape index (κ1) is 16.0. The molecule has 0 bridgehead atoms. The number of benzene rings is 2. The Balaban J connectivity index is 1.88. The first-order valence-electron chi connectivity index (χ1n) is 6.83. The molecule has 0 aliphatic heterocycles. The monoisotopic (exact) mass is 317 g/mol. The summed E-state index contributed by atoms with van der Waals surface area (Å²) in [4.78, 5) is 24.5. The van der Waals surface area contributed by atoms with Crippen molar-refractivity contribution < 1.29 is 14.3 Å². The van der Waals surface area contributed by atoms with Crippen molar-refractivity contribution in [3.05, 3.63) is 71.8 Å². The van der Waals surface area contributed by atoms with Crippen molar-refractivity contribution >= 4 is 22.9 Å². The number of carbonyl (C=O) groups excluding carboxylic acids is 2. The maximum Gasteiger partial charge on any atom is 0.326 e. The number of hydrogen-bond donors (Lipinski definition) is 0. The van der Waals surface area contributed by atoms with Crippen LogP contribution in [0.5, 0.6) is 0 Å². The van der Waals surface area contributed by atoms with Gasteiger partial charge in [0.15, 0.2) is 0 Å². The third-order valence-electron chi connectivity index (χ3n) is 3.03. The van der Waals surface area contributed by atoms with E-state index in [9.17, 15) is 9.59 Å². The van der Waals surface area contributed by atoms with E-state index >= 15 is 0 Å². The Bertz CT molecular complexity index is 616. The van der Waals surface area contributed by atoms with Crippen LogP contribution in [-0.2, 0) is 22.7 Å². The lowest BCUT2D eigenvalue weighted by molar-refractivity contribution is -0.145. The lowest BCUT2D eigenvalue weighted by atomic mass is 10.2. The Morgan fingerprint density at radius 1 is 0.909 bits per heavy atom. The molecule has 1 amide bonds. The van der Waals surface area contributed by atoms with Crippen LogP contribution in [0.4, 0.5) is 4.79 Å². The summed E-state index contributed by atoms with van der Waals surface area (Å²) in [7, 11) is 0.